The van der Waals surface area contributed by atoms with Crippen molar-refractivity contribution in [3.05, 3.63) is 59.0 Å². The van der Waals surface area contributed by atoms with Crippen molar-refractivity contribution in [3.8, 4) is 22.8 Å². The topological polar surface area (TPSA) is 113 Å². The van der Waals surface area contributed by atoms with Crippen LogP contribution in [0.15, 0.2) is 47.8 Å². The van der Waals surface area contributed by atoms with E-state index in [0.717, 1.165) is 37.1 Å². The molecule has 9 nitrogen and oxygen atoms in total. The summed E-state index contributed by atoms with van der Waals surface area (Å²) in [6, 6.07) is 12.3. The number of nitrogens with one attached hydrogen (secondary N) is 2. The first kappa shape index (κ1) is 27.6. The number of benzene rings is 2. The molecule has 0 saturated carbocycles. The van der Waals surface area contributed by atoms with E-state index in [-0.39, 0.29) is 24.5 Å². The molecule has 2 heterocycles. The van der Waals surface area contributed by atoms with E-state index in [0.29, 0.717) is 47.4 Å². The average Bonchev–Trinajstić information content (AvgIpc) is 3.61. The van der Waals surface area contributed by atoms with Gasteiger partial charge in [-0.2, -0.15) is 0 Å². The molecule has 1 saturated heterocycles. The van der Waals surface area contributed by atoms with Crippen LogP contribution in [0.25, 0.3) is 11.3 Å². The largest absolute Gasteiger partial charge is 0.496 e. The Kier molecular flexibility index (Phi) is 9.69. The number of aromatic nitrogens is 1. The van der Waals surface area contributed by atoms with Gasteiger partial charge in [0.05, 0.1) is 26.0 Å². The Morgan fingerprint density at radius 3 is 2.63 bits per heavy atom. The second-order valence-electron chi connectivity index (χ2n) is 9.05. The molecule has 3 N–H and O–H groups in total. The molecular weight excluding hydrogens is 504 g/mol. The second-order valence-corrected chi connectivity index (χ2v) is 9.91. The van der Waals surface area contributed by atoms with Gasteiger partial charge in [-0.05, 0) is 68.3 Å². The normalized spacial score (nSPS) is 15.3. The molecule has 0 spiro atoms. The quantitative estimate of drug-likeness (QED) is 0.319. The molecule has 1 atom stereocenters. The Bertz CT molecular complexity index is 1230. The number of nitrogens with zero attached hydrogens (tertiary/aromatic N) is 2. The minimum absolute atomic E-state index is 0.148. The van der Waals surface area contributed by atoms with Crippen LogP contribution in [0.1, 0.15) is 46.9 Å². The number of methoxy groups -OCH3 is 1. The maximum absolute atomic E-state index is 12.8. The second kappa shape index (κ2) is 13.4. The molecule has 0 bridgehead atoms. The van der Waals surface area contributed by atoms with E-state index in [1.54, 1.807) is 31.4 Å². The molecule has 0 aliphatic carbocycles. The zero-order valence-electron chi connectivity index (χ0n) is 21.7. The molecule has 0 unspecified atom stereocenters. The fourth-order valence-corrected chi connectivity index (χ4v) is 5.11. The molecular formula is C28H34N4O5S. The van der Waals surface area contributed by atoms with Crippen molar-refractivity contribution in [2.45, 2.75) is 32.2 Å². The number of anilines is 1. The van der Waals surface area contributed by atoms with Crippen LogP contribution in [-0.4, -0.2) is 72.8 Å². The van der Waals surface area contributed by atoms with Crippen molar-refractivity contribution in [2.75, 3.05) is 45.3 Å². The summed E-state index contributed by atoms with van der Waals surface area (Å²) in [4.78, 5) is 32.1. The van der Waals surface area contributed by atoms with Gasteiger partial charge in [0.2, 0.25) is 0 Å². The number of carbonyl (C=O) groups excluding carboxylic acids is 2. The number of carbonyl (C=O) groups is 2. The van der Waals surface area contributed by atoms with Crippen LogP contribution in [0.4, 0.5) is 5.13 Å². The fourth-order valence-electron chi connectivity index (χ4n) is 4.41. The van der Waals surface area contributed by atoms with E-state index in [2.05, 4.69) is 20.5 Å². The number of rotatable bonds is 12. The third kappa shape index (κ3) is 6.89. The summed E-state index contributed by atoms with van der Waals surface area (Å²) < 4.78 is 11.2. The van der Waals surface area contributed by atoms with Crippen LogP contribution in [0.2, 0.25) is 0 Å². The smallest absolute Gasteiger partial charge is 0.257 e. The first-order valence-electron chi connectivity index (χ1n) is 12.8. The summed E-state index contributed by atoms with van der Waals surface area (Å²) in [5, 5.41) is 17.5. The maximum atomic E-state index is 12.8. The molecule has 4 rings (SSSR count). The van der Waals surface area contributed by atoms with Gasteiger partial charge in [-0.1, -0.05) is 6.92 Å². The van der Waals surface area contributed by atoms with Crippen LogP contribution in [-0.2, 0) is 0 Å². The summed E-state index contributed by atoms with van der Waals surface area (Å²) in [7, 11) is 1.60. The summed E-state index contributed by atoms with van der Waals surface area (Å²) in [5.74, 6) is 0.893. The molecule has 0 radical (unpaired) electrons. The van der Waals surface area contributed by atoms with Gasteiger partial charge in [-0.3, -0.25) is 19.8 Å². The summed E-state index contributed by atoms with van der Waals surface area (Å²) in [6.45, 7) is 4.96. The highest BCUT2D eigenvalue weighted by molar-refractivity contribution is 7.14. The van der Waals surface area contributed by atoms with Gasteiger partial charge >= 0.3 is 0 Å². The van der Waals surface area contributed by atoms with Gasteiger partial charge in [0, 0.05) is 41.2 Å². The van der Waals surface area contributed by atoms with Gasteiger partial charge in [0.1, 0.15) is 11.5 Å². The van der Waals surface area contributed by atoms with Crippen LogP contribution >= 0.6 is 11.3 Å². The number of aliphatic hydroxyl groups is 1. The molecule has 3 aromatic rings. The van der Waals surface area contributed by atoms with Crippen LogP contribution < -0.4 is 20.1 Å². The highest BCUT2D eigenvalue weighted by Crippen LogP contribution is 2.35. The Hall–Kier alpha value is -3.47. The zero-order valence-corrected chi connectivity index (χ0v) is 22.6. The van der Waals surface area contributed by atoms with Crippen molar-refractivity contribution in [3.63, 3.8) is 0 Å². The number of aliphatic hydroxyl groups excluding tert-OH is 1. The predicted octanol–water partition coefficient (Wildman–Crippen LogP) is 4.05. The standard InChI is InChI=1S/C28H34N4O5S/c1-3-15-37-22-10-11-25(36-2)23(16-22)24-18-38-28(30-24)31-27(35)20-8-6-19(7-9-20)26(34)29-12-14-32-13-4-5-21(32)17-33/h6-11,16,18,21,33H,3-5,12-15,17H2,1-2H3,(H,29,34)(H,30,31,35)/t21-/m0/s1. The first-order chi connectivity index (χ1) is 18.5. The highest BCUT2D eigenvalue weighted by Gasteiger charge is 2.23. The fraction of sp³-hybridized carbons (Fsp3) is 0.393. The number of thiazole rings is 1. The molecule has 38 heavy (non-hydrogen) atoms. The number of hydrogen-bond donors (Lipinski definition) is 3. The molecule has 2 aromatic carbocycles. The van der Waals surface area contributed by atoms with Gasteiger partial charge < -0.3 is 19.9 Å². The summed E-state index contributed by atoms with van der Waals surface area (Å²) >= 11 is 1.32. The lowest BCUT2D eigenvalue weighted by Gasteiger charge is -2.22. The van der Waals surface area contributed by atoms with Crippen LogP contribution in [0.3, 0.4) is 0 Å². The molecule has 202 valence electrons. The van der Waals surface area contributed by atoms with Crippen molar-refractivity contribution in [1.82, 2.24) is 15.2 Å². The Labute approximate surface area is 226 Å². The molecule has 1 aliphatic heterocycles. The van der Waals surface area contributed by atoms with Crippen LogP contribution in [0.5, 0.6) is 11.5 Å². The Morgan fingerprint density at radius 2 is 1.92 bits per heavy atom. The molecule has 1 fully saturated rings. The number of ether oxygens (including phenoxy) is 2. The zero-order chi connectivity index (χ0) is 26.9. The lowest BCUT2D eigenvalue weighted by molar-refractivity contribution is 0.0941. The van der Waals surface area contributed by atoms with Crippen molar-refractivity contribution in [2.24, 2.45) is 0 Å². The van der Waals surface area contributed by atoms with Crippen LogP contribution in [0, 0.1) is 0 Å². The van der Waals surface area contributed by atoms with E-state index in [4.69, 9.17) is 9.47 Å². The third-order valence-corrected chi connectivity index (χ3v) is 7.21. The van der Waals surface area contributed by atoms with Crippen molar-refractivity contribution in [1.29, 1.82) is 0 Å². The van der Waals surface area contributed by atoms with E-state index >= 15 is 0 Å². The average molecular weight is 539 g/mol. The van der Waals surface area contributed by atoms with Gasteiger partial charge in [-0.15, -0.1) is 11.3 Å². The van der Waals surface area contributed by atoms with E-state index in [9.17, 15) is 14.7 Å². The lowest BCUT2D eigenvalue weighted by Crippen LogP contribution is -2.39. The minimum Gasteiger partial charge on any atom is -0.496 e. The molecule has 1 aliphatic rings. The maximum Gasteiger partial charge on any atom is 0.257 e. The van der Waals surface area contributed by atoms with E-state index in [1.165, 1.54) is 11.3 Å². The van der Waals surface area contributed by atoms with E-state index in [1.807, 2.05) is 30.5 Å². The van der Waals surface area contributed by atoms with Gasteiger partial charge in [0.15, 0.2) is 5.13 Å². The summed E-state index contributed by atoms with van der Waals surface area (Å²) in [5.41, 5.74) is 2.37. The third-order valence-electron chi connectivity index (χ3n) is 6.45. The van der Waals surface area contributed by atoms with Crippen molar-refractivity contribution >= 4 is 28.3 Å². The summed E-state index contributed by atoms with van der Waals surface area (Å²) in [6.07, 6.45) is 2.97. The molecule has 10 heteroatoms. The molecule has 2 amide bonds. The first-order valence-corrected chi connectivity index (χ1v) is 13.7. The minimum atomic E-state index is -0.311. The SMILES string of the molecule is CCCOc1ccc(OC)c(-c2csc(NC(=O)c3ccc(C(=O)NCCN4CCC[C@H]4CO)cc3)n2)c1. The van der Waals surface area contributed by atoms with Gasteiger partial charge in [0.25, 0.3) is 11.8 Å². The number of hydrogen-bond acceptors (Lipinski definition) is 8. The lowest BCUT2D eigenvalue weighted by atomic mass is 10.1. The predicted molar refractivity (Wildman–Crippen MR) is 148 cm³/mol. The van der Waals surface area contributed by atoms with Crippen molar-refractivity contribution < 1.29 is 24.2 Å². The van der Waals surface area contributed by atoms with Gasteiger partial charge in [-0.25, -0.2) is 4.98 Å². The number of amides is 2. The number of likely N-dealkylation sites (tertiary alicyclic amines) is 1. The Balaban J connectivity index is 1.33. The monoisotopic (exact) mass is 538 g/mol. The Morgan fingerprint density at radius 1 is 1.16 bits per heavy atom. The highest BCUT2D eigenvalue weighted by atomic mass is 32.1. The van der Waals surface area contributed by atoms with E-state index < -0.39 is 0 Å². The molecule has 1 aromatic heterocycles.